The summed E-state index contributed by atoms with van der Waals surface area (Å²) in [4.78, 5) is 17.5. The number of hydrogen-bond donors (Lipinski definition) is 1. The van der Waals surface area contributed by atoms with Crippen molar-refractivity contribution >= 4 is 5.78 Å². The maximum atomic E-state index is 13.5. The number of carbonyl (C=O) groups is 1. The zero-order valence-corrected chi connectivity index (χ0v) is 12.4. The van der Waals surface area contributed by atoms with Crippen molar-refractivity contribution in [2.24, 2.45) is 5.73 Å². The molecule has 0 amide bonds. The number of benzene rings is 1. The van der Waals surface area contributed by atoms with Gasteiger partial charge in [-0.05, 0) is 24.6 Å². The number of halogens is 1. The van der Waals surface area contributed by atoms with Crippen LogP contribution in [-0.2, 0) is 6.54 Å². The van der Waals surface area contributed by atoms with E-state index in [0.29, 0.717) is 13.1 Å². The minimum atomic E-state index is -0.810. The minimum absolute atomic E-state index is 0.00955. The highest BCUT2D eigenvalue weighted by molar-refractivity contribution is 6.07. The number of aromatic nitrogens is 1. The zero-order chi connectivity index (χ0) is 15.9. The quantitative estimate of drug-likeness (QED) is 0.506. The molecule has 0 aliphatic rings. The van der Waals surface area contributed by atoms with E-state index in [9.17, 15) is 9.18 Å². The van der Waals surface area contributed by atoms with Crippen molar-refractivity contribution in [2.45, 2.75) is 13.5 Å². The Morgan fingerprint density at radius 3 is 2.64 bits per heavy atom. The van der Waals surface area contributed by atoms with E-state index < -0.39 is 11.7 Å². The van der Waals surface area contributed by atoms with E-state index in [0.717, 1.165) is 5.56 Å². The molecule has 114 valence electrons. The van der Waals surface area contributed by atoms with Crippen LogP contribution in [0.2, 0.25) is 0 Å². The molecule has 1 aromatic carbocycles. The van der Waals surface area contributed by atoms with Crippen molar-refractivity contribution < 1.29 is 9.18 Å². The fourth-order valence-electron chi connectivity index (χ4n) is 2.03. The van der Waals surface area contributed by atoms with Gasteiger partial charge in [0.15, 0.2) is 0 Å². The largest absolute Gasteiger partial charge is 0.394 e. The molecule has 0 aliphatic carbocycles. The second kappa shape index (κ2) is 7.36. The summed E-state index contributed by atoms with van der Waals surface area (Å²) in [5, 5.41) is 0. The molecule has 2 N–H and O–H groups in total. The van der Waals surface area contributed by atoms with Crippen LogP contribution in [0.1, 0.15) is 22.8 Å². The van der Waals surface area contributed by atoms with Crippen LogP contribution in [0.3, 0.4) is 0 Å². The van der Waals surface area contributed by atoms with Crippen molar-refractivity contribution in [1.29, 1.82) is 0 Å². The number of allylic oxidation sites excluding steroid dienone is 1. The van der Waals surface area contributed by atoms with Crippen LogP contribution in [0.15, 0.2) is 60.6 Å². The molecule has 0 unspecified atom stereocenters. The third-order valence-electron chi connectivity index (χ3n) is 3.22. The van der Waals surface area contributed by atoms with Crippen LogP contribution in [0.25, 0.3) is 0 Å². The van der Waals surface area contributed by atoms with Crippen molar-refractivity contribution in [2.75, 3.05) is 6.54 Å². The topological polar surface area (TPSA) is 59.2 Å². The highest BCUT2D eigenvalue weighted by Crippen LogP contribution is 2.10. The molecule has 4 nitrogen and oxygen atoms in total. The molecule has 2 rings (SSSR count). The molecule has 0 radical (unpaired) electrons. The number of nitrogens with two attached hydrogens (primary N) is 1. The second-order valence-corrected chi connectivity index (χ2v) is 4.80. The van der Waals surface area contributed by atoms with Gasteiger partial charge in [0.2, 0.25) is 11.7 Å². The SMILES string of the molecule is CCN(/C=C(\N)C(=O)c1cccnc1F)Cc1ccccc1. The Labute approximate surface area is 129 Å². The summed E-state index contributed by atoms with van der Waals surface area (Å²) in [5.41, 5.74) is 6.80. The van der Waals surface area contributed by atoms with Gasteiger partial charge in [-0.2, -0.15) is 4.39 Å². The molecule has 5 heteroatoms. The van der Waals surface area contributed by atoms with Crippen LogP contribution in [0.5, 0.6) is 0 Å². The molecule has 0 saturated carbocycles. The van der Waals surface area contributed by atoms with Gasteiger partial charge in [-0.1, -0.05) is 30.3 Å². The van der Waals surface area contributed by atoms with Gasteiger partial charge in [-0.25, -0.2) is 4.98 Å². The Balaban J connectivity index is 2.15. The van der Waals surface area contributed by atoms with Crippen LogP contribution in [-0.4, -0.2) is 22.2 Å². The summed E-state index contributed by atoms with van der Waals surface area (Å²) in [6.45, 7) is 3.26. The van der Waals surface area contributed by atoms with E-state index in [4.69, 9.17) is 5.73 Å². The Hall–Kier alpha value is -2.69. The van der Waals surface area contributed by atoms with Gasteiger partial charge in [0.1, 0.15) is 0 Å². The molecule has 0 saturated heterocycles. The maximum absolute atomic E-state index is 13.5. The third-order valence-corrected chi connectivity index (χ3v) is 3.22. The molecule has 1 heterocycles. The van der Waals surface area contributed by atoms with Gasteiger partial charge in [0.05, 0.1) is 11.3 Å². The molecule has 0 fully saturated rings. The number of carbonyl (C=O) groups excluding carboxylic acids is 1. The first kappa shape index (κ1) is 15.7. The van der Waals surface area contributed by atoms with Gasteiger partial charge < -0.3 is 10.6 Å². The number of ketones is 1. The highest BCUT2D eigenvalue weighted by atomic mass is 19.1. The summed E-state index contributed by atoms with van der Waals surface area (Å²) >= 11 is 0. The van der Waals surface area contributed by atoms with Gasteiger partial charge in [-0.3, -0.25) is 4.79 Å². The van der Waals surface area contributed by atoms with Crippen LogP contribution in [0, 0.1) is 5.95 Å². The van der Waals surface area contributed by atoms with E-state index in [1.165, 1.54) is 18.3 Å². The Morgan fingerprint density at radius 1 is 1.27 bits per heavy atom. The zero-order valence-electron chi connectivity index (χ0n) is 12.4. The van der Waals surface area contributed by atoms with E-state index >= 15 is 0 Å². The molecule has 0 spiro atoms. The lowest BCUT2D eigenvalue weighted by Crippen LogP contribution is -2.22. The molecule has 0 atom stereocenters. The third kappa shape index (κ3) is 3.91. The first-order valence-corrected chi connectivity index (χ1v) is 7.02. The summed E-state index contributed by atoms with van der Waals surface area (Å²) in [7, 11) is 0. The van der Waals surface area contributed by atoms with Gasteiger partial charge >= 0.3 is 0 Å². The molecular formula is C17H18FN3O. The normalized spacial score (nSPS) is 11.3. The molecule has 0 bridgehead atoms. The monoisotopic (exact) mass is 299 g/mol. The minimum Gasteiger partial charge on any atom is -0.394 e. The first-order valence-electron chi connectivity index (χ1n) is 7.02. The first-order chi connectivity index (χ1) is 10.6. The van der Waals surface area contributed by atoms with Gasteiger partial charge in [0, 0.05) is 25.5 Å². The van der Waals surface area contributed by atoms with E-state index in [2.05, 4.69) is 4.98 Å². The summed E-state index contributed by atoms with van der Waals surface area (Å²) < 4.78 is 13.5. The Bertz CT molecular complexity index is 671. The van der Waals surface area contributed by atoms with E-state index in [-0.39, 0.29) is 11.3 Å². The molecular weight excluding hydrogens is 281 g/mol. The maximum Gasteiger partial charge on any atom is 0.224 e. The van der Waals surface area contributed by atoms with Crippen molar-refractivity contribution in [1.82, 2.24) is 9.88 Å². The highest BCUT2D eigenvalue weighted by Gasteiger charge is 2.15. The summed E-state index contributed by atoms with van der Waals surface area (Å²) in [6.07, 6.45) is 2.85. The van der Waals surface area contributed by atoms with Gasteiger partial charge in [-0.15, -0.1) is 0 Å². The van der Waals surface area contributed by atoms with Gasteiger partial charge in [0.25, 0.3) is 0 Å². The van der Waals surface area contributed by atoms with Crippen LogP contribution < -0.4 is 5.73 Å². The fraction of sp³-hybridized carbons (Fsp3) is 0.176. The number of pyridine rings is 1. The molecule has 22 heavy (non-hydrogen) atoms. The van der Waals surface area contributed by atoms with Crippen LogP contribution in [0.4, 0.5) is 4.39 Å². The van der Waals surface area contributed by atoms with E-state index in [1.807, 2.05) is 42.2 Å². The summed E-state index contributed by atoms with van der Waals surface area (Å²) in [6, 6.07) is 12.7. The predicted octanol–water partition coefficient (Wildman–Crippen LogP) is 2.73. The molecule has 2 aromatic rings. The lowest BCUT2D eigenvalue weighted by Gasteiger charge is -2.19. The lowest BCUT2D eigenvalue weighted by atomic mass is 10.1. The van der Waals surface area contributed by atoms with Crippen molar-refractivity contribution in [3.63, 3.8) is 0 Å². The number of nitrogens with zero attached hydrogens (tertiary/aromatic N) is 2. The number of hydrogen-bond acceptors (Lipinski definition) is 4. The van der Waals surface area contributed by atoms with Crippen LogP contribution >= 0.6 is 0 Å². The molecule has 1 aromatic heterocycles. The standard InChI is InChI=1S/C17H18FN3O/c1-2-21(11-13-7-4-3-5-8-13)12-15(19)16(22)14-9-6-10-20-17(14)18/h3-10,12H,2,11,19H2,1H3/b15-12-. The Kier molecular flexibility index (Phi) is 5.25. The molecule has 0 aliphatic heterocycles. The smallest absolute Gasteiger partial charge is 0.224 e. The number of Topliss-reactive ketones (excluding diaryl/α,β-unsaturated/α-hetero) is 1. The van der Waals surface area contributed by atoms with Crippen molar-refractivity contribution in [3.05, 3.63) is 77.6 Å². The summed E-state index contributed by atoms with van der Waals surface area (Å²) in [5.74, 6) is -1.37. The average Bonchev–Trinajstić information content (AvgIpc) is 2.55. The predicted molar refractivity (Wildman–Crippen MR) is 83.3 cm³/mol. The second-order valence-electron chi connectivity index (χ2n) is 4.80. The Morgan fingerprint density at radius 2 is 2.00 bits per heavy atom. The average molecular weight is 299 g/mol. The van der Waals surface area contributed by atoms with Crippen molar-refractivity contribution in [3.8, 4) is 0 Å². The lowest BCUT2D eigenvalue weighted by molar-refractivity contribution is 0.102. The number of rotatable bonds is 6. The fourth-order valence-corrected chi connectivity index (χ4v) is 2.03. The van der Waals surface area contributed by atoms with E-state index in [1.54, 1.807) is 6.20 Å².